The summed E-state index contributed by atoms with van der Waals surface area (Å²) in [5.74, 6) is 0.0191. The van der Waals surface area contributed by atoms with Crippen LogP contribution in [-0.4, -0.2) is 50.8 Å². The molecule has 0 atom stereocenters. The Balaban J connectivity index is 1.90. The minimum Gasteiger partial charge on any atom is -0.348 e. The lowest BCUT2D eigenvalue weighted by atomic mass is 9.91. The second-order valence-corrected chi connectivity index (χ2v) is 8.06. The number of nitrogens with one attached hydrogen (secondary N) is 1. The molecule has 1 N–H and O–H groups in total. The minimum atomic E-state index is -0.200. The summed E-state index contributed by atoms with van der Waals surface area (Å²) < 4.78 is 1.76. The molecule has 1 saturated heterocycles. The zero-order valence-electron chi connectivity index (χ0n) is 15.4. The topological polar surface area (TPSA) is 80.1 Å². The van der Waals surface area contributed by atoms with E-state index < -0.39 is 0 Å². The van der Waals surface area contributed by atoms with Crippen LogP contribution in [0.5, 0.6) is 0 Å². The molecule has 0 aliphatic carbocycles. The van der Waals surface area contributed by atoms with Crippen LogP contribution in [0.3, 0.4) is 0 Å². The van der Waals surface area contributed by atoms with Crippen LogP contribution in [0, 0.1) is 5.41 Å². The number of likely N-dealkylation sites (tertiary alicyclic amines) is 1. The van der Waals surface area contributed by atoms with Gasteiger partial charge in [-0.2, -0.15) is 0 Å². The molecule has 7 nitrogen and oxygen atoms in total. The third-order valence-corrected chi connectivity index (χ3v) is 4.04. The Hall–Kier alpha value is -1.92. The molecule has 24 heavy (non-hydrogen) atoms. The van der Waals surface area contributed by atoms with Crippen molar-refractivity contribution in [1.82, 2.24) is 25.2 Å². The highest BCUT2D eigenvalue weighted by Gasteiger charge is 2.27. The van der Waals surface area contributed by atoms with Gasteiger partial charge in [-0.15, -0.1) is 5.10 Å². The number of piperidine rings is 1. The van der Waals surface area contributed by atoms with Gasteiger partial charge in [-0.05, 0) is 32.1 Å². The standard InChI is InChI=1S/C17H29N5O2/c1-12(2)18-16(24)14-11-22(20-19-14)13-6-8-21(9-7-13)15(23)10-17(3,4)5/h11-13H,6-10H2,1-5H3,(H,18,24). The van der Waals surface area contributed by atoms with Gasteiger partial charge in [0.2, 0.25) is 5.91 Å². The van der Waals surface area contributed by atoms with E-state index in [1.807, 2.05) is 18.7 Å². The van der Waals surface area contributed by atoms with Gasteiger partial charge in [0.05, 0.1) is 12.2 Å². The fourth-order valence-electron chi connectivity index (χ4n) is 2.84. The molecule has 2 rings (SSSR count). The van der Waals surface area contributed by atoms with E-state index >= 15 is 0 Å². The van der Waals surface area contributed by atoms with Crippen molar-refractivity contribution in [2.75, 3.05) is 13.1 Å². The molecule has 7 heteroatoms. The van der Waals surface area contributed by atoms with Crippen molar-refractivity contribution in [2.45, 2.75) is 66.0 Å². The molecule has 2 amide bonds. The molecular weight excluding hydrogens is 306 g/mol. The SMILES string of the molecule is CC(C)NC(=O)c1cn(C2CCN(C(=O)CC(C)(C)C)CC2)nn1. The second kappa shape index (κ2) is 7.32. The Morgan fingerprint density at radius 3 is 2.46 bits per heavy atom. The van der Waals surface area contributed by atoms with Gasteiger partial charge in [0.15, 0.2) is 5.69 Å². The average molecular weight is 335 g/mol. The average Bonchev–Trinajstić information content (AvgIpc) is 2.95. The van der Waals surface area contributed by atoms with Gasteiger partial charge in [0.25, 0.3) is 5.91 Å². The minimum absolute atomic E-state index is 0.0124. The number of amides is 2. The van der Waals surface area contributed by atoms with Crippen molar-refractivity contribution in [3.63, 3.8) is 0 Å². The zero-order valence-corrected chi connectivity index (χ0v) is 15.4. The summed E-state index contributed by atoms with van der Waals surface area (Å²) in [6, 6.07) is 0.261. The molecular formula is C17H29N5O2. The summed E-state index contributed by atoms with van der Waals surface area (Å²) in [6.07, 6.45) is 3.95. The van der Waals surface area contributed by atoms with Crippen molar-refractivity contribution in [2.24, 2.45) is 5.41 Å². The first kappa shape index (κ1) is 18.4. The van der Waals surface area contributed by atoms with Crippen LogP contribution in [0.4, 0.5) is 0 Å². The molecule has 1 aliphatic heterocycles. The molecule has 2 heterocycles. The number of aromatic nitrogens is 3. The number of hydrogen-bond acceptors (Lipinski definition) is 4. The van der Waals surface area contributed by atoms with Crippen molar-refractivity contribution in [3.05, 3.63) is 11.9 Å². The van der Waals surface area contributed by atoms with Crippen molar-refractivity contribution in [3.8, 4) is 0 Å². The van der Waals surface area contributed by atoms with E-state index in [0.29, 0.717) is 12.1 Å². The van der Waals surface area contributed by atoms with Crippen LogP contribution >= 0.6 is 0 Å². The Kier molecular flexibility index (Phi) is 5.62. The third-order valence-electron chi connectivity index (χ3n) is 4.04. The Bertz CT molecular complexity index is 580. The molecule has 1 aromatic heterocycles. The van der Waals surface area contributed by atoms with E-state index in [4.69, 9.17) is 0 Å². The number of nitrogens with zero attached hydrogens (tertiary/aromatic N) is 4. The van der Waals surface area contributed by atoms with E-state index in [1.165, 1.54) is 0 Å². The predicted molar refractivity (Wildman–Crippen MR) is 91.5 cm³/mol. The molecule has 0 spiro atoms. The van der Waals surface area contributed by atoms with Gasteiger partial charge < -0.3 is 10.2 Å². The van der Waals surface area contributed by atoms with Crippen LogP contribution in [0.25, 0.3) is 0 Å². The molecule has 0 saturated carbocycles. The normalized spacial score (nSPS) is 16.5. The van der Waals surface area contributed by atoms with E-state index in [-0.39, 0.29) is 29.3 Å². The summed E-state index contributed by atoms with van der Waals surface area (Å²) in [5.41, 5.74) is 0.355. The van der Waals surface area contributed by atoms with Gasteiger partial charge in [0, 0.05) is 25.6 Å². The first-order valence-electron chi connectivity index (χ1n) is 8.66. The van der Waals surface area contributed by atoms with Crippen molar-refractivity contribution >= 4 is 11.8 Å². The Morgan fingerprint density at radius 1 is 1.29 bits per heavy atom. The van der Waals surface area contributed by atoms with Gasteiger partial charge in [-0.1, -0.05) is 26.0 Å². The first-order valence-corrected chi connectivity index (χ1v) is 8.66. The van der Waals surface area contributed by atoms with Crippen molar-refractivity contribution in [1.29, 1.82) is 0 Å². The van der Waals surface area contributed by atoms with E-state index in [0.717, 1.165) is 25.9 Å². The van der Waals surface area contributed by atoms with E-state index in [1.54, 1.807) is 10.9 Å². The largest absolute Gasteiger partial charge is 0.348 e. The predicted octanol–water partition coefficient (Wildman–Crippen LogP) is 2.02. The monoisotopic (exact) mass is 335 g/mol. The molecule has 0 radical (unpaired) electrons. The molecule has 1 aliphatic rings. The molecule has 0 unspecified atom stereocenters. The van der Waals surface area contributed by atoms with Gasteiger partial charge in [0.1, 0.15) is 0 Å². The lowest BCUT2D eigenvalue weighted by Crippen LogP contribution is -2.40. The van der Waals surface area contributed by atoms with Crippen LogP contribution in [0.2, 0.25) is 0 Å². The molecule has 1 aromatic rings. The molecule has 0 aromatic carbocycles. The van der Waals surface area contributed by atoms with E-state index in [9.17, 15) is 9.59 Å². The number of hydrogen-bond donors (Lipinski definition) is 1. The fourth-order valence-corrected chi connectivity index (χ4v) is 2.84. The number of carbonyl (C=O) groups is 2. The number of carbonyl (C=O) groups excluding carboxylic acids is 2. The molecule has 0 bridgehead atoms. The highest BCUT2D eigenvalue weighted by Crippen LogP contribution is 2.25. The number of rotatable bonds is 4. The fraction of sp³-hybridized carbons (Fsp3) is 0.765. The Morgan fingerprint density at radius 2 is 1.92 bits per heavy atom. The highest BCUT2D eigenvalue weighted by molar-refractivity contribution is 5.92. The van der Waals surface area contributed by atoms with Crippen LogP contribution in [0.15, 0.2) is 6.20 Å². The second-order valence-electron chi connectivity index (χ2n) is 8.06. The quantitative estimate of drug-likeness (QED) is 0.913. The lowest BCUT2D eigenvalue weighted by molar-refractivity contribution is -0.134. The maximum absolute atomic E-state index is 12.3. The van der Waals surface area contributed by atoms with Crippen LogP contribution in [-0.2, 0) is 4.79 Å². The van der Waals surface area contributed by atoms with E-state index in [2.05, 4.69) is 36.4 Å². The van der Waals surface area contributed by atoms with Gasteiger partial charge in [-0.25, -0.2) is 4.68 Å². The molecule has 1 fully saturated rings. The summed E-state index contributed by atoms with van der Waals surface area (Å²) in [7, 11) is 0. The molecule has 134 valence electrons. The van der Waals surface area contributed by atoms with Crippen LogP contribution < -0.4 is 5.32 Å². The zero-order chi connectivity index (χ0) is 17.9. The summed E-state index contributed by atoms with van der Waals surface area (Å²) in [4.78, 5) is 26.2. The van der Waals surface area contributed by atoms with Gasteiger partial charge in [-0.3, -0.25) is 9.59 Å². The summed E-state index contributed by atoms with van der Waals surface area (Å²) in [6.45, 7) is 11.5. The Labute approximate surface area is 143 Å². The lowest BCUT2D eigenvalue weighted by Gasteiger charge is -2.33. The van der Waals surface area contributed by atoms with Gasteiger partial charge >= 0.3 is 0 Å². The first-order chi connectivity index (χ1) is 11.2. The maximum Gasteiger partial charge on any atom is 0.273 e. The summed E-state index contributed by atoms with van der Waals surface area (Å²) in [5, 5.41) is 10.9. The van der Waals surface area contributed by atoms with Crippen LogP contribution in [0.1, 0.15) is 70.4 Å². The third kappa shape index (κ3) is 5.04. The van der Waals surface area contributed by atoms with Crippen molar-refractivity contribution < 1.29 is 9.59 Å². The maximum atomic E-state index is 12.3. The summed E-state index contributed by atoms with van der Waals surface area (Å²) >= 11 is 0. The highest BCUT2D eigenvalue weighted by atomic mass is 16.2. The smallest absolute Gasteiger partial charge is 0.273 e.